The lowest BCUT2D eigenvalue weighted by atomic mass is 10.2. The van der Waals surface area contributed by atoms with Gasteiger partial charge < -0.3 is 13.9 Å². The lowest BCUT2D eigenvalue weighted by Crippen LogP contribution is -2.59. The Kier molecular flexibility index (Phi) is 9.60. The molecule has 0 saturated carbocycles. The molecule has 1 saturated heterocycles. The first-order valence-corrected chi connectivity index (χ1v) is 14.1. The van der Waals surface area contributed by atoms with Crippen LogP contribution in [0.5, 0.6) is 0 Å². The molecule has 1 rings (SSSR count). The van der Waals surface area contributed by atoms with E-state index in [1.54, 1.807) is 0 Å². The van der Waals surface area contributed by atoms with E-state index in [-0.39, 0.29) is 15.4 Å². The molecule has 0 N–H and O–H groups in total. The van der Waals surface area contributed by atoms with Crippen LogP contribution < -0.4 is 0 Å². The molecule has 0 atom stereocenters. The molecular weight excluding hydrogens is 316 g/mol. The van der Waals surface area contributed by atoms with E-state index in [1.807, 2.05) is 0 Å². The predicted molar refractivity (Wildman–Crippen MR) is 109 cm³/mol. The third kappa shape index (κ3) is 7.38. The standard InChI is InChI=1S/C18H42N2OSi2/c1-7-23(8-2,9-3)20-15-13-19(14-16-20)12-10-11-17-22-21-18(4,5)6/h7-17,22H2,1-6H3. The Morgan fingerprint density at radius 3 is 1.96 bits per heavy atom. The molecule has 0 aromatic rings. The summed E-state index contributed by atoms with van der Waals surface area (Å²) in [5.74, 6) is 0. The molecule has 0 spiro atoms. The van der Waals surface area contributed by atoms with Crippen molar-refractivity contribution in [2.75, 3.05) is 32.7 Å². The van der Waals surface area contributed by atoms with Gasteiger partial charge in [0.2, 0.25) is 0 Å². The topological polar surface area (TPSA) is 15.7 Å². The monoisotopic (exact) mass is 358 g/mol. The third-order valence-electron chi connectivity index (χ3n) is 5.67. The smallest absolute Gasteiger partial charge is 0.162 e. The van der Waals surface area contributed by atoms with Gasteiger partial charge >= 0.3 is 0 Å². The maximum Gasteiger partial charge on any atom is 0.162 e. The summed E-state index contributed by atoms with van der Waals surface area (Å²) in [5.41, 5.74) is 0.0801. The van der Waals surface area contributed by atoms with Crippen molar-refractivity contribution in [2.24, 2.45) is 0 Å². The largest absolute Gasteiger partial charge is 0.419 e. The molecule has 0 aliphatic carbocycles. The van der Waals surface area contributed by atoms with E-state index >= 15 is 0 Å². The molecule has 1 heterocycles. The molecule has 5 heteroatoms. The van der Waals surface area contributed by atoms with Crippen LogP contribution in [0, 0.1) is 0 Å². The van der Waals surface area contributed by atoms with Gasteiger partial charge in [0.25, 0.3) is 0 Å². The van der Waals surface area contributed by atoms with Crippen LogP contribution in [0.25, 0.3) is 0 Å². The predicted octanol–water partition coefficient (Wildman–Crippen LogP) is 3.71. The quantitative estimate of drug-likeness (QED) is 0.437. The maximum atomic E-state index is 5.93. The van der Waals surface area contributed by atoms with Crippen LogP contribution in [0.1, 0.15) is 54.4 Å². The summed E-state index contributed by atoms with van der Waals surface area (Å²) in [7, 11) is -1.42. The van der Waals surface area contributed by atoms with E-state index in [9.17, 15) is 0 Å². The van der Waals surface area contributed by atoms with Crippen molar-refractivity contribution in [1.82, 2.24) is 9.47 Å². The molecular formula is C18H42N2OSi2. The summed E-state index contributed by atoms with van der Waals surface area (Å²) < 4.78 is 8.84. The number of piperazine rings is 1. The van der Waals surface area contributed by atoms with Gasteiger partial charge in [0.1, 0.15) is 8.24 Å². The Labute approximate surface area is 149 Å². The van der Waals surface area contributed by atoms with Gasteiger partial charge in [0.15, 0.2) is 9.76 Å². The second-order valence-electron chi connectivity index (χ2n) is 8.14. The highest BCUT2D eigenvalue weighted by Gasteiger charge is 2.35. The van der Waals surface area contributed by atoms with Crippen molar-refractivity contribution in [2.45, 2.75) is 84.2 Å². The van der Waals surface area contributed by atoms with E-state index < -0.39 is 8.24 Å². The third-order valence-corrected chi connectivity index (χ3v) is 13.3. The molecule has 0 unspecified atom stereocenters. The van der Waals surface area contributed by atoms with Gasteiger partial charge in [0, 0.05) is 31.8 Å². The van der Waals surface area contributed by atoms with Crippen LogP contribution >= 0.6 is 0 Å². The molecule has 138 valence electrons. The summed E-state index contributed by atoms with van der Waals surface area (Å²) >= 11 is 0. The van der Waals surface area contributed by atoms with Crippen molar-refractivity contribution in [3.63, 3.8) is 0 Å². The maximum absolute atomic E-state index is 5.93. The van der Waals surface area contributed by atoms with Gasteiger partial charge in [-0.15, -0.1) is 0 Å². The lowest BCUT2D eigenvalue weighted by molar-refractivity contribution is 0.137. The molecule has 0 aromatic carbocycles. The van der Waals surface area contributed by atoms with Crippen LogP contribution in [0.4, 0.5) is 0 Å². The van der Waals surface area contributed by atoms with E-state index in [2.05, 4.69) is 51.0 Å². The summed E-state index contributed by atoms with van der Waals surface area (Å²) in [5, 5.41) is 0. The van der Waals surface area contributed by atoms with Gasteiger partial charge in [-0.25, -0.2) is 0 Å². The highest BCUT2D eigenvalue weighted by Crippen LogP contribution is 2.26. The Balaban J connectivity index is 2.17. The van der Waals surface area contributed by atoms with Crippen molar-refractivity contribution < 1.29 is 4.43 Å². The van der Waals surface area contributed by atoms with Crippen molar-refractivity contribution in [1.29, 1.82) is 0 Å². The van der Waals surface area contributed by atoms with E-state index in [0.29, 0.717) is 0 Å². The zero-order chi connectivity index (χ0) is 17.3. The van der Waals surface area contributed by atoms with Gasteiger partial charge in [-0.05, 0) is 57.9 Å². The molecule has 0 amide bonds. The highest BCUT2D eigenvalue weighted by atomic mass is 28.3. The summed E-state index contributed by atoms with van der Waals surface area (Å²) in [4.78, 5) is 2.70. The summed E-state index contributed by atoms with van der Waals surface area (Å²) in [6, 6.07) is 5.63. The van der Waals surface area contributed by atoms with Gasteiger partial charge in [-0.1, -0.05) is 27.2 Å². The Hall–Kier alpha value is 0.314. The lowest BCUT2D eigenvalue weighted by Gasteiger charge is -2.46. The minimum absolute atomic E-state index is 0.0801. The van der Waals surface area contributed by atoms with E-state index in [1.165, 1.54) is 69.7 Å². The second-order valence-corrected chi connectivity index (χ2v) is 14.7. The molecule has 3 nitrogen and oxygen atoms in total. The Morgan fingerprint density at radius 1 is 0.913 bits per heavy atom. The Bertz CT molecular complexity index is 300. The van der Waals surface area contributed by atoms with Crippen molar-refractivity contribution in [3.8, 4) is 0 Å². The molecule has 1 aliphatic rings. The number of rotatable bonds is 10. The van der Waals surface area contributed by atoms with E-state index in [0.717, 1.165) is 0 Å². The minimum atomic E-state index is -1.12. The van der Waals surface area contributed by atoms with Crippen molar-refractivity contribution >= 4 is 18.0 Å². The minimum Gasteiger partial charge on any atom is -0.419 e. The molecule has 0 aromatic heterocycles. The molecule has 1 fully saturated rings. The molecule has 0 radical (unpaired) electrons. The van der Waals surface area contributed by atoms with Crippen LogP contribution in [0.2, 0.25) is 24.2 Å². The summed E-state index contributed by atoms with van der Waals surface area (Å²) in [6.07, 6.45) is 2.72. The fourth-order valence-electron chi connectivity index (χ4n) is 3.86. The average molecular weight is 359 g/mol. The molecule has 0 bridgehead atoms. The number of nitrogens with zero attached hydrogens (tertiary/aromatic N) is 2. The second kappa shape index (κ2) is 10.3. The number of unbranched alkanes of at least 4 members (excludes halogenated alkanes) is 1. The number of hydrogen-bond acceptors (Lipinski definition) is 3. The van der Waals surface area contributed by atoms with Crippen LogP contribution in [-0.4, -0.2) is 65.8 Å². The normalized spacial score (nSPS) is 19.0. The Morgan fingerprint density at radius 2 is 1.48 bits per heavy atom. The van der Waals surface area contributed by atoms with Crippen LogP contribution in [0.15, 0.2) is 0 Å². The summed E-state index contributed by atoms with van der Waals surface area (Å²) in [6.45, 7) is 20.3. The van der Waals surface area contributed by atoms with Crippen molar-refractivity contribution in [3.05, 3.63) is 0 Å². The average Bonchev–Trinajstić information content (AvgIpc) is 2.53. The fraction of sp³-hybridized carbons (Fsp3) is 1.00. The van der Waals surface area contributed by atoms with Crippen LogP contribution in [0.3, 0.4) is 0 Å². The molecule has 23 heavy (non-hydrogen) atoms. The molecule has 1 aliphatic heterocycles. The SMILES string of the molecule is CC[Si](CC)(CC)N1CCN(CCCC[SiH2]OC(C)(C)C)CC1. The van der Waals surface area contributed by atoms with E-state index in [4.69, 9.17) is 4.43 Å². The first-order chi connectivity index (χ1) is 10.9. The van der Waals surface area contributed by atoms with Gasteiger partial charge in [-0.3, -0.25) is 0 Å². The highest BCUT2D eigenvalue weighted by molar-refractivity contribution is 6.77. The van der Waals surface area contributed by atoms with Gasteiger partial charge in [0.05, 0.1) is 0 Å². The van der Waals surface area contributed by atoms with Crippen LogP contribution in [-0.2, 0) is 4.43 Å². The number of hydrogen-bond donors (Lipinski definition) is 0. The zero-order valence-corrected chi connectivity index (χ0v) is 19.2. The van der Waals surface area contributed by atoms with Gasteiger partial charge in [-0.2, -0.15) is 0 Å². The first-order valence-electron chi connectivity index (χ1n) is 9.98. The zero-order valence-electron chi connectivity index (χ0n) is 16.8. The fourth-order valence-corrected chi connectivity index (χ4v) is 9.16. The first kappa shape index (κ1) is 21.4.